The Morgan fingerprint density at radius 1 is 1.44 bits per heavy atom. The molecule has 84 valence electrons. The van der Waals surface area contributed by atoms with Gasteiger partial charge in [0.05, 0.1) is 17.9 Å². The summed E-state index contributed by atoms with van der Waals surface area (Å²) in [6.07, 6.45) is 4.16. The smallest absolute Gasteiger partial charge is 0.156 e. The zero-order valence-corrected chi connectivity index (χ0v) is 9.17. The summed E-state index contributed by atoms with van der Waals surface area (Å²) in [4.78, 5) is 10.8. The number of fused-ring (bicyclic) bond motifs is 1. The van der Waals surface area contributed by atoms with Gasteiger partial charge in [0, 0.05) is 26.3 Å². The summed E-state index contributed by atoms with van der Waals surface area (Å²) >= 11 is 0. The van der Waals surface area contributed by atoms with Gasteiger partial charge in [-0.1, -0.05) is 0 Å². The Balaban J connectivity index is 2.09. The quantitative estimate of drug-likeness (QED) is 0.759. The number of aliphatic hydroxyl groups excluding tert-OH is 1. The maximum absolute atomic E-state index is 9.54. The minimum atomic E-state index is -0.235. The van der Waals surface area contributed by atoms with Crippen LogP contribution in [0.1, 0.15) is 6.42 Å². The largest absolute Gasteiger partial charge is 0.391 e. The fraction of sp³-hybridized carbons (Fsp3) is 0.455. The molecule has 0 aromatic carbocycles. The van der Waals surface area contributed by atoms with Crippen LogP contribution < -0.4 is 4.90 Å². The molecule has 0 bridgehead atoms. The van der Waals surface area contributed by atoms with Crippen molar-refractivity contribution in [2.45, 2.75) is 12.5 Å². The molecular formula is C11H14N4O. The van der Waals surface area contributed by atoms with Gasteiger partial charge in [0.15, 0.2) is 5.82 Å². The van der Waals surface area contributed by atoms with Crippen LogP contribution in [-0.2, 0) is 7.05 Å². The first kappa shape index (κ1) is 9.59. The van der Waals surface area contributed by atoms with Gasteiger partial charge in [0.1, 0.15) is 5.52 Å². The molecule has 16 heavy (non-hydrogen) atoms. The van der Waals surface area contributed by atoms with Crippen molar-refractivity contribution in [1.29, 1.82) is 0 Å². The van der Waals surface area contributed by atoms with Crippen LogP contribution in [0.3, 0.4) is 0 Å². The normalized spacial score (nSPS) is 20.9. The fourth-order valence-corrected chi connectivity index (χ4v) is 2.21. The Hall–Kier alpha value is -1.62. The minimum absolute atomic E-state index is 0.235. The second-order valence-corrected chi connectivity index (χ2v) is 4.25. The van der Waals surface area contributed by atoms with Gasteiger partial charge >= 0.3 is 0 Å². The van der Waals surface area contributed by atoms with Crippen molar-refractivity contribution in [3.8, 4) is 0 Å². The second kappa shape index (κ2) is 3.45. The number of anilines is 1. The lowest BCUT2D eigenvalue weighted by atomic mass is 10.3. The summed E-state index contributed by atoms with van der Waals surface area (Å²) in [5, 5.41) is 9.54. The zero-order valence-electron chi connectivity index (χ0n) is 9.17. The van der Waals surface area contributed by atoms with Crippen LogP contribution in [0.2, 0.25) is 0 Å². The Kier molecular flexibility index (Phi) is 2.07. The molecule has 0 saturated carbocycles. The van der Waals surface area contributed by atoms with Gasteiger partial charge in [0.2, 0.25) is 0 Å². The number of imidazole rings is 1. The van der Waals surface area contributed by atoms with Gasteiger partial charge in [-0.25, -0.2) is 9.97 Å². The molecule has 2 aromatic rings. The van der Waals surface area contributed by atoms with Crippen molar-refractivity contribution in [2.24, 2.45) is 7.05 Å². The van der Waals surface area contributed by atoms with Crippen molar-refractivity contribution in [1.82, 2.24) is 14.5 Å². The van der Waals surface area contributed by atoms with E-state index < -0.39 is 0 Å². The first-order chi connectivity index (χ1) is 7.75. The monoisotopic (exact) mass is 218 g/mol. The number of aromatic nitrogens is 3. The van der Waals surface area contributed by atoms with E-state index in [2.05, 4.69) is 14.9 Å². The lowest BCUT2D eigenvalue weighted by Gasteiger charge is -2.16. The summed E-state index contributed by atoms with van der Waals surface area (Å²) in [6.45, 7) is 1.51. The molecule has 3 heterocycles. The number of hydrogen-bond acceptors (Lipinski definition) is 4. The molecule has 3 rings (SSSR count). The van der Waals surface area contributed by atoms with Crippen LogP contribution >= 0.6 is 0 Å². The topological polar surface area (TPSA) is 54.2 Å². The summed E-state index contributed by atoms with van der Waals surface area (Å²) in [5.74, 6) is 0.884. The van der Waals surface area contributed by atoms with Crippen LogP contribution in [0.5, 0.6) is 0 Å². The highest BCUT2D eigenvalue weighted by Gasteiger charge is 2.23. The molecule has 0 unspecified atom stereocenters. The molecule has 0 amide bonds. The van der Waals surface area contributed by atoms with Crippen molar-refractivity contribution in [3.05, 3.63) is 18.6 Å². The Morgan fingerprint density at radius 2 is 2.31 bits per heavy atom. The average Bonchev–Trinajstić information content (AvgIpc) is 2.86. The molecule has 0 spiro atoms. The van der Waals surface area contributed by atoms with Gasteiger partial charge in [-0.15, -0.1) is 0 Å². The standard InChI is InChI=1S/C11H14N4O/c1-14-7-13-10-9(14)2-4-12-11(10)15-5-3-8(16)6-15/h2,4,7-8,16H,3,5-6H2,1H3/t8-/m1/s1. The molecule has 1 fully saturated rings. The average molecular weight is 218 g/mol. The summed E-state index contributed by atoms with van der Waals surface area (Å²) in [6, 6.07) is 1.96. The van der Waals surface area contributed by atoms with Gasteiger partial charge < -0.3 is 14.6 Å². The molecule has 0 aliphatic carbocycles. The van der Waals surface area contributed by atoms with Crippen LogP contribution in [0.25, 0.3) is 11.0 Å². The number of aryl methyl sites for hydroxylation is 1. The highest BCUT2D eigenvalue weighted by molar-refractivity contribution is 5.86. The number of hydrogen-bond donors (Lipinski definition) is 1. The molecule has 2 aromatic heterocycles. The molecule has 1 N–H and O–H groups in total. The van der Waals surface area contributed by atoms with Crippen LogP contribution in [-0.4, -0.2) is 38.8 Å². The number of pyridine rings is 1. The third-order valence-corrected chi connectivity index (χ3v) is 3.09. The predicted molar refractivity (Wildman–Crippen MR) is 61.3 cm³/mol. The van der Waals surface area contributed by atoms with Crippen molar-refractivity contribution in [2.75, 3.05) is 18.0 Å². The first-order valence-corrected chi connectivity index (χ1v) is 5.45. The summed E-state index contributed by atoms with van der Waals surface area (Å²) in [7, 11) is 1.97. The first-order valence-electron chi connectivity index (χ1n) is 5.45. The molecule has 1 atom stereocenters. The molecule has 5 nitrogen and oxygen atoms in total. The van der Waals surface area contributed by atoms with Crippen LogP contribution in [0.15, 0.2) is 18.6 Å². The SMILES string of the molecule is Cn1cnc2c(N3CC[C@@H](O)C3)nccc21. The lowest BCUT2D eigenvalue weighted by Crippen LogP contribution is -2.22. The van der Waals surface area contributed by atoms with Crippen molar-refractivity contribution >= 4 is 16.9 Å². The van der Waals surface area contributed by atoms with E-state index in [1.165, 1.54) is 0 Å². The maximum Gasteiger partial charge on any atom is 0.156 e. The van der Waals surface area contributed by atoms with Gasteiger partial charge in [0.25, 0.3) is 0 Å². The third-order valence-electron chi connectivity index (χ3n) is 3.09. The van der Waals surface area contributed by atoms with E-state index in [0.29, 0.717) is 6.54 Å². The Labute approximate surface area is 93.3 Å². The predicted octanol–water partition coefficient (Wildman–Crippen LogP) is 0.539. The van der Waals surface area contributed by atoms with E-state index in [1.807, 2.05) is 17.7 Å². The molecule has 1 saturated heterocycles. The number of nitrogens with zero attached hydrogens (tertiary/aromatic N) is 4. The van der Waals surface area contributed by atoms with E-state index in [9.17, 15) is 5.11 Å². The Morgan fingerprint density at radius 3 is 3.06 bits per heavy atom. The number of aliphatic hydroxyl groups is 1. The zero-order chi connectivity index (χ0) is 11.1. The highest BCUT2D eigenvalue weighted by Crippen LogP contribution is 2.25. The maximum atomic E-state index is 9.54. The van der Waals surface area contributed by atoms with Gasteiger partial charge in [-0.05, 0) is 12.5 Å². The molecule has 1 aliphatic heterocycles. The van der Waals surface area contributed by atoms with Gasteiger partial charge in [-0.2, -0.15) is 0 Å². The number of β-amino-alcohol motifs (C(OH)–C–C–N with tert-alkyl or cyclic N) is 1. The van der Waals surface area contributed by atoms with Crippen LogP contribution in [0, 0.1) is 0 Å². The minimum Gasteiger partial charge on any atom is -0.391 e. The fourth-order valence-electron chi connectivity index (χ4n) is 2.21. The van der Waals surface area contributed by atoms with E-state index in [1.54, 1.807) is 12.5 Å². The molecule has 0 radical (unpaired) electrons. The van der Waals surface area contributed by atoms with Crippen molar-refractivity contribution in [3.63, 3.8) is 0 Å². The summed E-state index contributed by atoms with van der Waals surface area (Å²) in [5.41, 5.74) is 1.99. The van der Waals surface area contributed by atoms with Crippen LogP contribution in [0.4, 0.5) is 5.82 Å². The molecule has 1 aliphatic rings. The highest BCUT2D eigenvalue weighted by atomic mass is 16.3. The number of rotatable bonds is 1. The molecule has 5 heteroatoms. The third kappa shape index (κ3) is 1.36. The molecular weight excluding hydrogens is 204 g/mol. The Bertz CT molecular complexity index is 522. The summed E-state index contributed by atoms with van der Waals surface area (Å²) < 4.78 is 1.98. The van der Waals surface area contributed by atoms with Crippen molar-refractivity contribution < 1.29 is 5.11 Å². The van der Waals surface area contributed by atoms with E-state index >= 15 is 0 Å². The van der Waals surface area contributed by atoms with E-state index in [-0.39, 0.29) is 6.10 Å². The second-order valence-electron chi connectivity index (χ2n) is 4.25. The van der Waals surface area contributed by atoms with E-state index in [0.717, 1.165) is 29.8 Å². The lowest BCUT2D eigenvalue weighted by molar-refractivity contribution is 0.198. The van der Waals surface area contributed by atoms with E-state index in [4.69, 9.17) is 0 Å². The van der Waals surface area contributed by atoms with Gasteiger partial charge in [-0.3, -0.25) is 0 Å².